The highest BCUT2D eigenvalue weighted by molar-refractivity contribution is 9.10. The molecule has 2 N–H and O–H groups in total. The third-order valence-electron chi connectivity index (χ3n) is 4.34. The molecule has 156 valence electrons. The van der Waals surface area contributed by atoms with Crippen LogP contribution in [-0.2, 0) is 13.2 Å². The molecular formula is C23H21BrClNO4. The number of nitrogens with one attached hydrogen (secondary N) is 1. The topological polar surface area (TPSA) is 67.8 Å². The van der Waals surface area contributed by atoms with Crippen molar-refractivity contribution < 1.29 is 19.4 Å². The normalized spacial score (nSPS) is 10.5. The van der Waals surface area contributed by atoms with E-state index in [0.29, 0.717) is 36.3 Å². The Kier molecular flexibility index (Phi) is 7.60. The van der Waals surface area contributed by atoms with Crippen molar-refractivity contribution in [3.63, 3.8) is 0 Å². The summed E-state index contributed by atoms with van der Waals surface area (Å²) in [6.45, 7) is 3.37. The third kappa shape index (κ3) is 5.90. The van der Waals surface area contributed by atoms with Gasteiger partial charge in [-0.15, -0.1) is 0 Å². The summed E-state index contributed by atoms with van der Waals surface area (Å²) in [5.41, 5.74) is 3.07. The molecule has 0 unspecified atom stereocenters. The van der Waals surface area contributed by atoms with Gasteiger partial charge in [0.05, 0.1) is 12.2 Å². The van der Waals surface area contributed by atoms with Gasteiger partial charge in [0, 0.05) is 21.7 Å². The van der Waals surface area contributed by atoms with Gasteiger partial charge in [-0.25, -0.2) is 4.79 Å². The second kappa shape index (κ2) is 10.4. The predicted octanol–water partition coefficient (Wildman–Crippen LogP) is 6.39. The highest BCUT2D eigenvalue weighted by Gasteiger charge is 2.12. The Morgan fingerprint density at radius 2 is 1.70 bits per heavy atom. The van der Waals surface area contributed by atoms with Gasteiger partial charge in [-0.05, 0) is 66.6 Å². The Hall–Kier alpha value is -2.70. The number of hydrogen-bond acceptors (Lipinski definition) is 4. The van der Waals surface area contributed by atoms with Crippen molar-refractivity contribution in [3.05, 3.63) is 86.8 Å². The van der Waals surface area contributed by atoms with Crippen LogP contribution >= 0.6 is 27.5 Å². The van der Waals surface area contributed by atoms with Crippen molar-refractivity contribution in [1.82, 2.24) is 0 Å². The van der Waals surface area contributed by atoms with Crippen LogP contribution in [0.2, 0.25) is 5.02 Å². The second-order valence-corrected chi connectivity index (χ2v) is 7.77. The van der Waals surface area contributed by atoms with Crippen LogP contribution in [0, 0.1) is 0 Å². The first-order valence-electron chi connectivity index (χ1n) is 9.36. The Labute approximate surface area is 188 Å². The van der Waals surface area contributed by atoms with Crippen LogP contribution in [0.5, 0.6) is 11.5 Å². The van der Waals surface area contributed by atoms with Gasteiger partial charge in [-0.2, -0.15) is 0 Å². The first-order valence-corrected chi connectivity index (χ1v) is 10.5. The van der Waals surface area contributed by atoms with E-state index in [0.717, 1.165) is 21.3 Å². The van der Waals surface area contributed by atoms with Crippen LogP contribution in [0.4, 0.5) is 5.69 Å². The SMILES string of the molecule is CCOc1cc(CNc2ccc(C(=O)O)cc2)c(Br)cc1OCc1ccc(Cl)cc1. The highest BCUT2D eigenvalue weighted by atomic mass is 79.9. The number of carboxylic acid groups (broad SMARTS) is 1. The molecule has 5 nitrogen and oxygen atoms in total. The zero-order valence-corrected chi connectivity index (χ0v) is 18.7. The van der Waals surface area contributed by atoms with Gasteiger partial charge in [-0.1, -0.05) is 39.7 Å². The van der Waals surface area contributed by atoms with E-state index in [-0.39, 0.29) is 5.56 Å². The van der Waals surface area contributed by atoms with Crippen molar-refractivity contribution in [3.8, 4) is 11.5 Å². The molecule has 7 heteroatoms. The van der Waals surface area contributed by atoms with Crippen LogP contribution in [-0.4, -0.2) is 17.7 Å². The summed E-state index contributed by atoms with van der Waals surface area (Å²) in [6, 6.07) is 18.0. The molecule has 0 fully saturated rings. The minimum atomic E-state index is -0.945. The summed E-state index contributed by atoms with van der Waals surface area (Å²) >= 11 is 9.53. The molecule has 0 spiro atoms. The first kappa shape index (κ1) is 22.0. The van der Waals surface area contributed by atoms with Gasteiger partial charge < -0.3 is 19.9 Å². The zero-order valence-electron chi connectivity index (χ0n) is 16.3. The number of hydrogen-bond donors (Lipinski definition) is 2. The number of rotatable bonds is 9. The van der Waals surface area contributed by atoms with E-state index >= 15 is 0 Å². The molecule has 3 aromatic rings. The van der Waals surface area contributed by atoms with Crippen molar-refractivity contribution >= 4 is 39.2 Å². The number of carbonyl (C=O) groups is 1. The minimum Gasteiger partial charge on any atom is -0.490 e. The average molecular weight is 491 g/mol. The fraction of sp³-hybridized carbons (Fsp3) is 0.174. The summed E-state index contributed by atoms with van der Waals surface area (Å²) in [4.78, 5) is 11.0. The van der Waals surface area contributed by atoms with Gasteiger partial charge in [-0.3, -0.25) is 0 Å². The Bertz CT molecular complexity index is 1010. The Morgan fingerprint density at radius 1 is 1.03 bits per heavy atom. The predicted molar refractivity (Wildman–Crippen MR) is 122 cm³/mol. The van der Waals surface area contributed by atoms with E-state index < -0.39 is 5.97 Å². The minimum absolute atomic E-state index is 0.252. The maximum atomic E-state index is 11.0. The van der Waals surface area contributed by atoms with E-state index in [1.807, 2.05) is 43.3 Å². The number of carboxylic acids is 1. The van der Waals surface area contributed by atoms with Crippen LogP contribution in [0.3, 0.4) is 0 Å². The Morgan fingerprint density at radius 3 is 2.33 bits per heavy atom. The van der Waals surface area contributed by atoms with E-state index in [1.54, 1.807) is 24.3 Å². The lowest BCUT2D eigenvalue weighted by Gasteiger charge is -2.16. The van der Waals surface area contributed by atoms with Crippen molar-refractivity contribution in [2.75, 3.05) is 11.9 Å². The highest BCUT2D eigenvalue weighted by Crippen LogP contribution is 2.35. The molecule has 3 rings (SSSR count). The van der Waals surface area contributed by atoms with Gasteiger partial charge in [0.15, 0.2) is 11.5 Å². The number of halogens is 2. The standard InChI is InChI=1S/C23H21BrClNO4/c1-2-29-21-11-17(13-26-19-9-5-16(6-10-19)23(27)28)20(24)12-22(21)30-14-15-3-7-18(25)8-4-15/h3-12,26H,2,13-14H2,1H3,(H,27,28). The summed E-state index contributed by atoms with van der Waals surface area (Å²) in [5.74, 6) is 0.362. The Balaban J connectivity index is 1.71. The summed E-state index contributed by atoms with van der Waals surface area (Å²) in [6.07, 6.45) is 0. The molecule has 0 aromatic heterocycles. The van der Waals surface area contributed by atoms with Crippen LogP contribution in [0.1, 0.15) is 28.4 Å². The van der Waals surface area contributed by atoms with Gasteiger partial charge >= 0.3 is 5.97 Å². The quantitative estimate of drug-likeness (QED) is 0.364. The van der Waals surface area contributed by atoms with E-state index in [9.17, 15) is 4.79 Å². The van der Waals surface area contributed by atoms with Gasteiger partial charge in [0.1, 0.15) is 6.61 Å². The van der Waals surface area contributed by atoms with E-state index in [4.69, 9.17) is 26.2 Å². The summed E-state index contributed by atoms with van der Waals surface area (Å²) in [5, 5.41) is 13.0. The molecule has 0 heterocycles. The molecule has 3 aromatic carbocycles. The molecule has 0 saturated heterocycles. The van der Waals surface area contributed by atoms with E-state index in [2.05, 4.69) is 21.2 Å². The molecule has 0 atom stereocenters. The molecule has 0 aliphatic rings. The zero-order chi connectivity index (χ0) is 21.5. The maximum Gasteiger partial charge on any atom is 0.335 e. The van der Waals surface area contributed by atoms with Crippen molar-refractivity contribution in [2.24, 2.45) is 0 Å². The van der Waals surface area contributed by atoms with Crippen molar-refractivity contribution in [1.29, 1.82) is 0 Å². The number of ether oxygens (including phenoxy) is 2. The van der Waals surface area contributed by atoms with Crippen LogP contribution < -0.4 is 14.8 Å². The fourth-order valence-electron chi connectivity index (χ4n) is 2.76. The first-order chi connectivity index (χ1) is 14.5. The van der Waals surface area contributed by atoms with E-state index in [1.165, 1.54) is 0 Å². The molecule has 0 aliphatic heterocycles. The molecule has 0 saturated carbocycles. The molecule has 30 heavy (non-hydrogen) atoms. The lowest BCUT2D eigenvalue weighted by Crippen LogP contribution is -2.04. The lowest BCUT2D eigenvalue weighted by atomic mass is 10.1. The summed E-state index contributed by atoms with van der Waals surface area (Å²) in [7, 11) is 0. The fourth-order valence-corrected chi connectivity index (χ4v) is 3.35. The molecule has 0 radical (unpaired) electrons. The van der Waals surface area contributed by atoms with Crippen molar-refractivity contribution in [2.45, 2.75) is 20.1 Å². The second-order valence-electron chi connectivity index (χ2n) is 6.47. The monoisotopic (exact) mass is 489 g/mol. The number of benzene rings is 3. The largest absolute Gasteiger partial charge is 0.490 e. The maximum absolute atomic E-state index is 11.0. The van der Waals surface area contributed by atoms with Crippen LogP contribution in [0.25, 0.3) is 0 Å². The smallest absolute Gasteiger partial charge is 0.335 e. The molecule has 0 aliphatic carbocycles. The molecular weight excluding hydrogens is 470 g/mol. The molecule has 0 amide bonds. The third-order valence-corrected chi connectivity index (χ3v) is 5.33. The number of aromatic carboxylic acids is 1. The van der Waals surface area contributed by atoms with Crippen LogP contribution in [0.15, 0.2) is 65.1 Å². The number of anilines is 1. The van der Waals surface area contributed by atoms with Gasteiger partial charge in [0.2, 0.25) is 0 Å². The average Bonchev–Trinajstić information content (AvgIpc) is 2.74. The molecule has 0 bridgehead atoms. The van der Waals surface area contributed by atoms with Gasteiger partial charge in [0.25, 0.3) is 0 Å². The lowest BCUT2D eigenvalue weighted by molar-refractivity contribution is 0.0697. The summed E-state index contributed by atoms with van der Waals surface area (Å²) < 4.78 is 12.6.